The molecule has 18 heavy (non-hydrogen) atoms. The summed E-state index contributed by atoms with van der Waals surface area (Å²) >= 11 is 6.16. The van der Waals surface area contributed by atoms with Crippen molar-refractivity contribution in [2.75, 3.05) is 0 Å². The highest BCUT2D eigenvalue weighted by Gasteiger charge is 2.11. The topological polar surface area (TPSA) is 43.6 Å². The predicted octanol–water partition coefficient (Wildman–Crippen LogP) is 2.72. The van der Waals surface area contributed by atoms with Crippen molar-refractivity contribution in [3.63, 3.8) is 0 Å². The lowest BCUT2D eigenvalue weighted by molar-refractivity contribution is 0.776. The molecule has 0 saturated heterocycles. The molecule has 0 aliphatic carbocycles. The first-order valence-corrected chi connectivity index (χ1v) is 6.47. The Balaban J connectivity index is 2.34. The number of aryl methyl sites for hydroxylation is 2. The normalized spacial score (nSPS) is 10.9. The first-order valence-electron chi connectivity index (χ1n) is 6.10. The highest BCUT2D eigenvalue weighted by Crippen LogP contribution is 2.18. The van der Waals surface area contributed by atoms with Crippen LogP contribution in [-0.2, 0) is 19.9 Å². The van der Waals surface area contributed by atoms with Gasteiger partial charge in [0.1, 0.15) is 16.8 Å². The molecule has 0 fully saturated rings. The van der Waals surface area contributed by atoms with Gasteiger partial charge in [-0.3, -0.25) is 0 Å². The van der Waals surface area contributed by atoms with E-state index in [0.29, 0.717) is 11.6 Å². The van der Waals surface area contributed by atoms with Gasteiger partial charge in [0.2, 0.25) is 0 Å². The van der Waals surface area contributed by atoms with Crippen LogP contribution in [0.25, 0.3) is 0 Å². The molecule has 0 spiro atoms. The molecular formula is C13H17ClN4. The van der Waals surface area contributed by atoms with E-state index >= 15 is 0 Å². The fraction of sp³-hybridized carbons (Fsp3) is 0.462. The zero-order chi connectivity index (χ0) is 13.1. The van der Waals surface area contributed by atoms with Gasteiger partial charge in [-0.05, 0) is 13.3 Å². The molecule has 2 aromatic rings. The quantitative estimate of drug-likeness (QED) is 0.798. The molecule has 0 amide bonds. The van der Waals surface area contributed by atoms with Crippen molar-refractivity contribution in [2.45, 2.75) is 33.1 Å². The first kappa shape index (κ1) is 13.0. The molecule has 0 atom stereocenters. The van der Waals surface area contributed by atoms with Crippen LogP contribution >= 0.6 is 11.6 Å². The summed E-state index contributed by atoms with van der Waals surface area (Å²) in [5.41, 5.74) is 1.91. The van der Waals surface area contributed by atoms with Gasteiger partial charge in [-0.1, -0.05) is 18.5 Å². The zero-order valence-electron chi connectivity index (χ0n) is 10.9. The molecule has 0 unspecified atom stereocenters. The van der Waals surface area contributed by atoms with E-state index in [-0.39, 0.29) is 0 Å². The van der Waals surface area contributed by atoms with E-state index in [1.54, 1.807) is 6.20 Å². The standard InChI is InChI=1S/C13H17ClN4/c1-4-5-11-16-10(9(2)13(14)17-11)8-12-15-6-7-18(12)3/h6-7H,4-5,8H2,1-3H3. The Morgan fingerprint density at radius 1 is 1.33 bits per heavy atom. The van der Waals surface area contributed by atoms with Gasteiger partial charge in [-0.2, -0.15) is 0 Å². The Hall–Kier alpha value is -1.42. The first-order chi connectivity index (χ1) is 8.61. The summed E-state index contributed by atoms with van der Waals surface area (Å²) < 4.78 is 1.99. The third kappa shape index (κ3) is 2.70. The number of hydrogen-bond donors (Lipinski definition) is 0. The largest absolute Gasteiger partial charge is 0.338 e. The minimum absolute atomic E-state index is 0.553. The fourth-order valence-corrected chi connectivity index (χ4v) is 2.01. The maximum Gasteiger partial charge on any atom is 0.135 e. The molecule has 0 aromatic carbocycles. The third-order valence-electron chi connectivity index (χ3n) is 2.95. The minimum Gasteiger partial charge on any atom is -0.338 e. The molecule has 0 saturated carbocycles. The molecule has 5 heteroatoms. The zero-order valence-corrected chi connectivity index (χ0v) is 11.7. The van der Waals surface area contributed by atoms with Crippen LogP contribution in [0.4, 0.5) is 0 Å². The summed E-state index contributed by atoms with van der Waals surface area (Å²) in [4.78, 5) is 13.2. The second kappa shape index (κ2) is 5.48. The molecule has 2 heterocycles. The SMILES string of the molecule is CCCc1nc(Cl)c(C)c(Cc2nccn2C)n1. The average molecular weight is 265 g/mol. The lowest BCUT2D eigenvalue weighted by Gasteiger charge is -2.09. The molecule has 96 valence electrons. The van der Waals surface area contributed by atoms with E-state index < -0.39 is 0 Å². The lowest BCUT2D eigenvalue weighted by Crippen LogP contribution is -2.07. The summed E-state index contributed by atoms with van der Waals surface area (Å²) in [6, 6.07) is 0. The van der Waals surface area contributed by atoms with Crippen LogP contribution in [0.15, 0.2) is 12.4 Å². The van der Waals surface area contributed by atoms with Gasteiger partial charge in [0.25, 0.3) is 0 Å². The molecule has 0 aliphatic rings. The number of hydrogen-bond acceptors (Lipinski definition) is 3. The van der Waals surface area contributed by atoms with Crippen molar-refractivity contribution >= 4 is 11.6 Å². The fourth-order valence-electron chi connectivity index (χ4n) is 1.80. The van der Waals surface area contributed by atoms with E-state index in [1.165, 1.54) is 0 Å². The van der Waals surface area contributed by atoms with Crippen LogP contribution < -0.4 is 0 Å². The lowest BCUT2D eigenvalue weighted by atomic mass is 10.2. The highest BCUT2D eigenvalue weighted by molar-refractivity contribution is 6.30. The predicted molar refractivity (Wildman–Crippen MR) is 71.8 cm³/mol. The maximum atomic E-state index is 6.16. The third-order valence-corrected chi connectivity index (χ3v) is 3.32. The van der Waals surface area contributed by atoms with E-state index in [9.17, 15) is 0 Å². The molecular weight excluding hydrogens is 248 g/mol. The van der Waals surface area contributed by atoms with Gasteiger partial charge < -0.3 is 4.57 Å². The number of aromatic nitrogens is 4. The van der Waals surface area contributed by atoms with Crippen molar-refractivity contribution in [3.05, 3.63) is 40.5 Å². The summed E-state index contributed by atoms with van der Waals surface area (Å²) in [5, 5.41) is 0.553. The van der Waals surface area contributed by atoms with Gasteiger partial charge in [0, 0.05) is 37.8 Å². The highest BCUT2D eigenvalue weighted by atomic mass is 35.5. The number of nitrogens with zero attached hydrogens (tertiary/aromatic N) is 4. The Morgan fingerprint density at radius 3 is 2.72 bits per heavy atom. The van der Waals surface area contributed by atoms with Crippen molar-refractivity contribution < 1.29 is 0 Å². The van der Waals surface area contributed by atoms with Crippen LogP contribution in [0.3, 0.4) is 0 Å². The van der Waals surface area contributed by atoms with Crippen molar-refractivity contribution in [3.8, 4) is 0 Å². The Morgan fingerprint density at radius 2 is 2.11 bits per heavy atom. The Kier molecular flexibility index (Phi) is 3.97. The Labute approximate surface area is 112 Å². The van der Waals surface area contributed by atoms with Gasteiger partial charge in [0.15, 0.2) is 0 Å². The second-order valence-electron chi connectivity index (χ2n) is 4.38. The average Bonchev–Trinajstić information content (AvgIpc) is 2.72. The minimum atomic E-state index is 0.553. The smallest absolute Gasteiger partial charge is 0.135 e. The van der Waals surface area contributed by atoms with Crippen molar-refractivity contribution in [1.29, 1.82) is 0 Å². The van der Waals surface area contributed by atoms with Crippen molar-refractivity contribution in [1.82, 2.24) is 19.5 Å². The van der Waals surface area contributed by atoms with E-state index in [4.69, 9.17) is 11.6 Å². The van der Waals surface area contributed by atoms with Gasteiger partial charge >= 0.3 is 0 Å². The summed E-state index contributed by atoms with van der Waals surface area (Å²) in [5.74, 6) is 1.80. The molecule has 4 nitrogen and oxygen atoms in total. The number of rotatable bonds is 4. The molecule has 0 radical (unpaired) electrons. The molecule has 0 bridgehead atoms. The van der Waals surface area contributed by atoms with Gasteiger partial charge in [0.05, 0.1) is 5.69 Å². The molecule has 0 aliphatic heterocycles. The summed E-state index contributed by atoms with van der Waals surface area (Å²) in [6.45, 7) is 4.06. The van der Waals surface area contributed by atoms with E-state index in [2.05, 4.69) is 21.9 Å². The van der Waals surface area contributed by atoms with E-state index in [1.807, 2.05) is 24.7 Å². The van der Waals surface area contributed by atoms with Crippen LogP contribution in [0, 0.1) is 6.92 Å². The van der Waals surface area contributed by atoms with E-state index in [0.717, 1.165) is 35.7 Å². The second-order valence-corrected chi connectivity index (χ2v) is 4.74. The van der Waals surface area contributed by atoms with Crippen LogP contribution in [0.1, 0.15) is 36.3 Å². The molecule has 0 N–H and O–H groups in total. The maximum absolute atomic E-state index is 6.16. The number of imidazole rings is 1. The molecule has 2 rings (SSSR count). The van der Waals surface area contributed by atoms with Crippen LogP contribution in [0.5, 0.6) is 0 Å². The van der Waals surface area contributed by atoms with Gasteiger partial charge in [-0.15, -0.1) is 0 Å². The summed E-state index contributed by atoms with van der Waals surface area (Å²) in [7, 11) is 1.98. The van der Waals surface area contributed by atoms with Gasteiger partial charge in [-0.25, -0.2) is 15.0 Å². The van der Waals surface area contributed by atoms with Crippen molar-refractivity contribution in [2.24, 2.45) is 7.05 Å². The van der Waals surface area contributed by atoms with Crippen LogP contribution in [0.2, 0.25) is 5.15 Å². The monoisotopic (exact) mass is 264 g/mol. The Bertz CT molecular complexity index is 548. The number of halogens is 1. The van der Waals surface area contributed by atoms with Crippen LogP contribution in [-0.4, -0.2) is 19.5 Å². The molecule has 2 aromatic heterocycles. The summed E-state index contributed by atoms with van der Waals surface area (Å²) in [6.07, 6.45) is 6.28.